The summed E-state index contributed by atoms with van der Waals surface area (Å²) in [5, 5.41) is 0. The van der Waals surface area contributed by atoms with Crippen molar-refractivity contribution in [1.82, 2.24) is 0 Å². The zero-order chi connectivity index (χ0) is 18.2. The molecule has 0 saturated carbocycles. The molecule has 0 aromatic carbocycles. The van der Waals surface area contributed by atoms with Crippen LogP contribution in [0, 0.1) is 0 Å². The highest BCUT2D eigenvalue weighted by Crippen LogP contribution is 2.59. The number of allylic oxidation sites excluding steroid dienone is 1. The minimum atomic E-state index is -7.35. The molecule has 0 spiro atoms. The fraction of sp³-hybridized carbons (Fsp3) is 0.778. The Kier molecular flexibility index (Phi) is 5.49. The van der Waals surface area contributed by atoms with Crippen LogP contribution in [0.3, 0.4) is 0 Å². The number of alkyl halides is 11. The first-order chi connectivity index (χ1) is 9.48. The highest BCUT2D eigenvalue weighted by atomic mass is 19.4. The first-order valence-corrected chi connectivity index (χ1v) is 4.97. The van der Waals surface area contributed by atoms with Crippen molar-refractivity contribution >= 4 is 0 Å². The normalized spacial score (nSPS) is 17.1. The van der Waals surface area contributed by atoms with Crippen molar-refractivity contribution in [3.05, 3.63) is 12.2 Å². The molecule has 0 fully saturated rings. The lowest BCUT2D eigenvalue weighted by Gasteiger charge is -2.41. The summed E-state index contributed by atoms with van der Waals surface area (Å²) >= 11 is 0. The molecule has 0 nitrogen and oxygen atoms in total. The van der Waals surface area contributed by atoms with Crippen LogP contribution in [-0.4, -0.2) is 36.3 Å². The van der Waals surface area contributed by atoms with Crippen molar-refractivity contribution < 1.29 is 57.1 Å². The third kappa shape index (κ3) is 3.12. The van der Waals surface area contributed by atoms with E-state index in [-0.39, 0.29) is 0 Å². The Bertz CT molecular complexity index is 416. The number of rotatable bonds is 6. The molecule has 0 N–H and O–H groups in total. The van der Waals surface area contributed by atoms with Crippen LogP contribution < -0.4 is 0 Å². The number of halogens is 13. The second-order valence-electron chi connectivity index (χ2n) is 3.93. The van der Waals surface area contributed by atoms with Gasteiger partial charge in [-0.05, 0) is 0 Å². The van der Waals surface area contributed by atoms with Gasteiger partial charge in [-0.15, -0.1) is 0 Å². The zero-order valence-corrected chi connectivity index (χ0v) is 9.91. The zero-order valence-electron chi connectivity index (χ0n) is 9.91. The molecule has 0 aliphatic rings. The quantitative estimate of drug-likeness (QED) is 0.564. The summed E-state index contributed by atoms with van der Waals surface area (Å²) in [5.41, 5.74) is -7.28. The third-order valence-corrected chi connectivity index (χ3v) is 2.44. The van der Waals surface area contributed by atoms with Gasteiger partial charge in [-0.1, -0.05) is 0 Å². The largest absolute Gasteiger partial charge is 0.434 e. The standard InChI is InChI=1S/C9H5F13/c10-2-1-5(13,14)7(17,9(20,21)22)8(18,19)6(15,16)3-4(11)12/h3H,1-2H2. The maximum atomic E-state index is 13.4. The van der Waals surface area contributed by atoms with Gasteiger partial charge in [-0.2, -0.15) is 39.5 Å². The maximum absolute atomic E-state index is 13.4. The van der Waals surface area contributed by atoms with E-state index in [0.29, 0.717) is 0 Å². The van der Waals surface area contributed by atoms with Crippen LogP contribution in [0.25, 0.3) is 0 Å². The molecule has 0 bridgehead atoms. The molecule has 0 aromatic heterocycles. The van der Waals surface area contributed by atoms with Crippen LogP contribution in [0.2, 0.25) is 0 Å². The van der Waals surface area contributed by atoms with Crippen molar-refractivity contribution in [2.24, 2.45) is 0 Å². The minimum absolute atomic E-state index is 2.10. The molecule has 0 heterocycles. The van der Waals surface area contributed by atoms with Crippen LogP contribution in [-0.2, 0) is 0 Å². The first kappa shape index (κ1) is 20.8. The van der Waals surface area contributed by atoms with E-state index in [2.05, 4.69) is 0 Å². The van der Waals surface area contributed by atoms with E-state index in [1.54, 1.807) is 0 Å². The predicted octanol–water partition coefficient (Wildman–Crippen LogP) is 5.30. The summed E-state index contributed by atoms with van der Waals surface area (Å²) in [5.74, 6) is -20.3. The van der Waals surface area contributed by atoms with Crippen LogP contribution >= 0.6 is 0 Å². The summed E-state index contributed by atoms with van der Waals surface area (Å²) < 4.78 is 163. The molecular formula is C9H5F13. The Hall–Kier alpha value is -1.17. The van der Waals surface area contributed by atoms with E-state index in [0.717, 1.165) is 0 Å². The monoisotopic (exact) mass is 360 g/mol. The smallest absolute Gasteiger partial charge is 0.251 e. The summed E-state index contributed by atoms with van der Waals surface area (Å²) in [6.07, 6.45) is -15.9. The van der Waals surface area contributed by atoms with Crippen molar-refractivity contribution in [3.8, 4) is 0 Å². The fourth-order valence-electron chi connectivity index (χ4n) is 1.36. The molecule has 1 atom stereocenters. The van der Waals surface area contributed by atoms with Gasteiger partial charge in [0.25, 0.3) is 12.0 Å². The van der Waals surface area contributed by atoms with E-state index >= 15 is 0 Å². The number of hydrogen-bond donors (Lipinski definition) is 0. The minimum Gasteiger partial charge on any atom is -0.251 e. The van der Waals surface area contributed by atoms with Crippen LogP contribution in [0.15, 0.2) is 12.2 Å². The highest BCUT2D eigenvalue weighted by molar-refractivity contribution is 5.18. The lowest BCUT2D eigenvalue weighted by atomic mass is 9.84. The Labute approximate surface area is 113 Å². The van der Waals surface area contributed by atoms with Crippen LogP contribution in [0.4, 0.5) is 57.1 Å². The van der Waals surface area contributed by atoms with Gasteiger partial charge in [0.05, 0.1) is 12.8 Å². The van der Waals surface area contributed by atoms with Crippen LogP contribution in [0.1, 0.15) is 6.42 Å². The van der Waals surface area contributed by atoms with Crippen molar-refractivity contribution in [1.29, 1.82) is 0 Å². The average molecular weight is 360 g/mol. The van der Waals surface area contributed by atoms with Gasteiger partial charge in [-0.3, -0.25) is 4.39 Å². The van der Waals surface area contributed by atoms with Gasteiger partial charge in [0.15, 0.2) is 0 Å². The molecule has 0 amide bonds. The lowest BCUT2D eigenvalue weighted by Crippen LogP contribution is -2.71. The Balaban J connectivity index is 6.41. The lowest BCUT2D eigenvalue weighted by molar-refractivity contribution is -0.396. The van der Waals surface area contributed by atoms with E-state index in [4.69, 9.17) is 0 Å². The second-order valence-corrected chi connectivity index (χ2v) is 3.93. The summed E-state index contributed by atoms with van der Waals surface area (Å²) in [6, 6.07) is 0. The SMILES string of the molecule is FCCC(F)(F)C(F)(C(F)(F)F)C(F)(F)C(F)(F)C=C(F)F. The van der Waals surface area contributed by atoms with Gasteiger partial charge in [0, 0.05) is 6.42 Å². The summed E-state index contributed by atoms with van der Waals surface area (Å²) in [4.78, 5) is 0. The fourth-order valence-corrected chi connectivity index (χ4v) is 1.36. The van der Waals surface area contributed by atoms with E-state index in [9.17, 15) is 57.1 Å². The average Bonchev–Trinajstić information content (AvgIpc) is 2.23. The van der Waals surface area contributed by atoms with Gasteiger partial charge in [-0.25, -0.2) is 13.2 Å². The van der Waals surface area contributed by atoms with Crippen LogP contribution in [0.5, 0.6) is 0 Å². The molecule has 0 aliphatic carbocycles. The second kappa shape index (κ2) is 5.80. The summed E-state index contributed by atoms with van der Waals surface area (Å²) in [7, 11) is 0. The van der Waals surface area contributed by atoms with Gasteiger partial charge in [0.1, 0.15) is 0 Å². The molecule has 13 heteroatoms. The number of hydrogen-bond acceptors (Lipinski definition) is 0. The molecule has 132 valence electrons. The van der Waals surface area contributed by atoms with Gasteiger partial charge >= 0.3 is 23.7 Å². The third-order valence-electron chi connectivity index (χ3n) is 2.44. The first-order valence-electron chi connectivity index (χ1n) is 4.97. The summed E-state index contributed by atoms with van der Waals surface area (Å²) in [6.45, 7) is -2.47. The molecule has 22 heavy (non-hydrogen) atoms. The Morgan fingerprint density at radius 2 is 1.18 bits per heavy atom. The molecule has 0 radical (unpaired) electrons. The van der Waals surface area contributed by atoms with E-state index in [1.807, 2.05) is 0 Å². The molecule has 0 aromatic rings. The maximum Gasteiger partial charge on any atom is 0.434 e. The topological polar surface area (TPSA) is 0 Å². The molecule has 0 saturated heterocycles. The van der Waals surface area contributed by atoms with Gasteiger partial charge in [0.2, 0.25) is 0 Å². The van der Waals surface area contributed by atoms with E-state index in [1.165, 1.54) is 0 Å². The van der Waals surface area contributed by atoms with Crippen molar-refractivity contribution in [3.63, 3.8) is 0 Å². The van der Waals surface area contributed by atoms with Crippen molar-refractivity contribution in [2.45, 2.75) is 36.0 Å². The van der Waals surface area contributed by atoms with E-state index < -0.39 is 54.9 Å². The molecule has 0 aliphatic heterocycles. The van der Waals surface area contributed by atoms with Crippen molar-refractivity contribution in [2.75, 3.05) is 6.67 Å². The highest BCUT2D eigenvalue weighted by Gasteiger charge is 2.88. The Morgan fingerprint density at radius 3 is 1.45 bits per heavy atom. The molecule has 0 rings (SSSR count). The van der Waals surface area contributed by atoms with Gasteiger partial charge < -0.3 is 0 Å². The molecule has 1 unspecified atom stereocenters. The Morgan fingerprint density at radius 1 is 0.773 bits per heavy atom. The molecular weight excluding hydrogens is 355 g/mol. The predicted molar refractivity (Wildman–Crippen MR) is 45.6 cm³/mol.